The number of ether oxygens (including phenoxy) is 2. The second-order valence-electron chi connectivity index (χ2n) is 6.30. The first kappa shape index (κ1) is 21.0. The summed E-state index contributed by atoms with van der Waals surface area (Å²) in [7, 11) is 0. The predicted octanol–water partition coefficient (Wildman–Crippen LogP) is 6.08. The molecule has 0 saturated heterocycles. The van der Waals surface area contributed by atoms with Crippen LogP contribution in [0.3, 0.4) is 0 Å². The molecule has 0 radical (unpaired) electrons. The Labute approximate surface area is 165 Å². The largest absolute Gasteiger partial charge is 0.462 e. The summed E-state index contributed by atoms with van der Waals surface area (Å²) >= 11 is 5.90. The summed E-state index contributed by atoms with van der Waals surface area (Å²) in [6.45, 7) is 2.53. The maximum Gasteiger partial charge on any atom is 0.344 e. The van der Waals surface area contributed by atoms with E-state index in [1.54, 1.807) is 48.5 Å². The topological polar surface area (TPSA) is 52.6 Å². The third-order valence-electron chi connectivity index (χ3n) is 4.10. The lowest BCUT2D eigenvalue weighted by Gasteiger charge is -2.10. The summed E-state index contributed by atoms with van der Waals surface area (Å²) in [5.74, 6) is -0.811. The standard InChI is InChI=1S/C22H25ClO4/c1-2-3-4-5-6-9-15-26-21(24)19-13-7-8-14-20(19)22(25)27-18-12-10-11-17(23)16-18/h7-8,10-14,16H,2-6,9,15H2,1H3. The van der Waals surface area contributed by atoms with Gasteiger partial charge < -0.3 is 9.47 Å². The highest BCUT2D eigenvalue weighted by Crippen LogP contribution is 2.20. The Morgan fingerprint density at radius 2 is 1.52 bits per heavy atom. The summed E-state index contributed by atoms with van der Waals surface area (Å²) in [5.41, 5.74) is 0.376. The SMILES string of the molecule is CCCCCCCCOC(=O)c1ccccc1C(=O)Oc1cccc(Cl)c1. The molecule has 0 saturated carbocycles. The maximum atomic E-state index is 12.5. The van der Waals surface area contributed by atoms with Crippen LogP contribution in [-0.2, 0) is 4.74 Å². The summed E-state index contributed by atoms with van der Waals surface area (Å²) in [6, 6.07) is 13.0. The van der Waals surface area contributed by atoms with E-state index < -0.39 is 11.9 Å². The highest BCUT2D eigenvalue weighted by Gasteiger charge is 2.19. The number of carbonyl (C=O) groups is 2. The molecule has 2 aromatic rings. The highest BCUT2D eigenvalue weighted by molar-refractivity contribution is 6.30. The minimum Gasteiger partial charge on any atom is -0.462 e. The predicted molar refractivity (Wildman–Crippen MR) is 107 cm³/mol. The number of esters is 2. The number of rotatable bonds is 10. The minimum absolute atomic E-state index is 0.172. The molecule has 2 aromatic carbocycles. The van der Waals surface area contributed by atoms with E-state index >= 15 is 0 Å². The monoisotopic (exact) mass is 388 g/mol. The second kappa shape index (κ2) is 11.4. The third kappa shape index (κ3) is 7.06. The van der Waals surface area contributed by atoms with Crippen LogP contribution in [0.25, 0.3) is 0 Å². The normalized spacial score (nSPS) is 10.4. The van der Waals surface area contributed by atoms with E-state index in [0.717, 1.165) is 19.3 Å². The maximum absolute atomic E-state index is 12.5. The Bertz CT molecular complexity index is 757. The van der Waals surface area contributed by atoms with Crippen molar-refractivity contribution in [2.24, 2.45) is 0 Å². The van der Waals surface area contributed by atoms with Crippen LogP contribution in [-0.4, -0.2) is 18.5 Å². The first-order chi connectivity index (χ1) is 13.1. The fraction of sp³-hybridized carbons (Fsp3) is 0.364. The zero-order valence-corrected chi connectivity index (χ0v) is 16.3. The van der Waals surface area contributed by atoms with Crippen LogP contribution in [0.5, 0.6) is 5.75 Å². The van der Waals surface area contributed by atoms with Crippen LogP contribution < -0.4 is 4.74 Å². The van der Waals surface area contributed by atoms with Gasteiger partial charge in [-0.1, -0.05) is 68.8 Å². The van der Waals surface area contributed by atoms with Crippen molar-refractivity contribution in [3.8, 4) is 5.75 Å². The van der Waals surface area contributed by atoms with Crippen molar-refractivity contribution >= 4 is 23.5 Å². The molecule has 0 aliphatic carbocycles. The van der Waals surface area contributed by atoms with E-state index in [9.17, 15) is 9.59 Å². The molecule has 0 atom stereocenters. The van der Waals surface area contributed by atoms with Gasteiger partial charge in [0, 0.05) is 5.02 Å². The molecule has 144 valence electrons. The van der Waals surface area contributed by atoms with Gasteiger partial charge in [-0.25, -0.2) is 9.59 Å². The lowest BCUT2D eigenvalue weighted by Crippen LogP contribution is -2.16. The van der Waals surface area contributed by atoms with E-state index in [-0.39, 0.29) is 11.1 Å². The first-order valence-electron chi connectivity index (χ1n) is 9.35. The molecule has 0 amide bonds. The number of unbranched alkanes of at least 4 members (excludes halogenated alkanes) is 5. The highest BCUT2D eigenvalue weighted by atomic mass is 35.5. The van der Waals surface area contributed by atoms with Gasteiger partial charge in [0.15, 0.2) is 0 Å². The van der Waals surface area contributed by atoms with Crippen molar-refractivity contribution in [1.82, 2.24) is 0 Å². The Hall–Kier alpha value is -2.33. The molecule has 27 heavy (non-hydrogen) atoms. The summed E-state index contributed by atoms with van der Waals surface area (Å²) < 4.78 is 10.6. The van der Waals surface area contributed by atoms with Gasteiger partial charge in [0.25, 0.3) is 0 Å². The fourth-order valence-corrected chi connectivity index (χ4v) is 2.84. The van der Waals surface area contributed by atoms with Gasteiger partial charge in [-0.3, -0.25) is 0 Å². The van der Waals surface area contributed by atoms with Crippen molar-refractivity contribution in [3.63, 3.8) is 0 Å². The van der Waals surface area contributed by atoms with Gasteiger partial charge in [0.1, 0.15) is 5.75 Å². The van der Waals surface area contributed by atoms with Crippen LogP contribution in [0.15, 0.2) is 48.5 Å². The quantitative estimate of drug-likeness (QED) is 0.281. The number of halogens is 1. The van der Waals surface area contributed by atoms with Gasteiger partial charge in [-0.15, -0.1) is 0 Å². The molecular weight excluding hydrogens is 364 g/mol. The second-order valence-corrected chi connectivity index (χ2v) is 6.73. The molecule has 5 heteroatoms. The smallest absolute Gasteiger partial charge is 0.344 e. The number of benzene rings is 2. The lowest BCUT2D eigenvalue weighted by molar-refractivity contribution is 0.0489. The van der Waals surface area contributed by atoms with Gasteiger partial charge in [0.05, 0.1) is 17.7 Å². The van der Waals surface area contributed by atoms with E-state index in [0.29, 0.717) is 17.4 Å². The van der Waals surface area contributed by atoms with Crippen molar-refractivity contribution < 1.29 is 19.1 Å². The lowest BCUT2D eigenvalue weighted by atomic mass is 10.1. The van der Waals surface area contributed by atoms with Gasteiger partial charge in [-0.2, -0.15) is 0 Å². The molecule has 0 spiro atoms. The molecule has 2 rings (SSSR count). The third-order valence-corrected chi connectivity index (χ3v) is 4.34. The van der Waals surface area contributed by atoms with Crippen molar-refractivity contribution in [2.45, 2.75) is 45.4 Å². The van der Waals surface area contributed by atoms with E-state index in [2.05, 4.69) is 6.92 Å². The van der Waals surface area contributed by atoms with Crippen LogP contribution in [0, 0.1) is 0 Å². The Morgan fingerprint density at radius 1 is 0.852 bits per heavy atom. The zero-order valence-electron chi connectivity index (χ0n) is 15.6. The molecule has 0 fully saturated rings. The zero-order chi connectivity index (χ0) is 19.5. The van der Waals surface area contributed by atoms with Crippen molar-refractivity contribution in [2.75, 3.05) is 6.61 Å². The number of carbonyl (C=O) groups excluding carboxylic acids is 2. The molecule has 4 nitrogen and oxygen atoms in total. The number of hydrogen-bond donors (Lipinski definition) is 0. The van der Waals surface area contributed by atoms with Crippen LogP contribution in [0.4, 0.5) is 0 Å². The van der Waals surface area contributed by atoms with Crippen LogP contribution in [0.1, 0.15) is 66.2 Å². The average molecular weight is 389 g/mol. The van der Waals surface area contributed by atoms with Gasteiger partial charge in [-0.05, 0) is 36.8 Å². The van der Waals surface area contributed by atoms with Crippen LogP contribution >= 0.6 is 11.6 Å². The first-order valence-corrected chi connectivity index (χ1v) is 9.73. The molecule has 0 heterocycles. The minimum atomic E-state index is -0.621. The summed E-state index contributed by atoms with van der Waals surface area (Å²) in [4.78, 5) is 24.8. The summed E-state index contributed by atoms with van der Waals surface area (Å²) in [6.07, 6.45) is 6.66. The van der Waals surface area contributed by atoms with Crippen LogP contribution in [0.2, 0.25) is 5.02 Å². The Balaban J connectivity index is 1.92. The molecule has 0 N–H and O–H groups in total. The van der Waals surface area contributed by atoms with Crippen molar-refractivity contribution in [1.29, 1.82) is 0 Å². The molecule has 0 unspecified atom stereocenters. The molecule has 0 bridgehead atoms. The molecule has 0 aliphatic heterocycles. The van der Waals surface area contributed by atoms with Gasteiger partial charge in [0.2, 0.25) is 0 Å². The van der Waals surface area contributed by atoms with E-state index in [4.69, 9.17) is 21.1 Å². The molecule has 0 aromatic heterocycles. The van der Waals surface area contributed by atoms with Crippen molar-refractivity contribution in [3.05, 3.63) is 64.7 Å². The fourth-order valence-electron chi connectivity index (χ4n) is 2.66. The van der Waals surface area contributed by atoms with E-state index in [1.165, 1.54) is 19.3 Å². The number of hydrogen-bond acceptors (Lipinski definition) is 4. The summed E-state index contributed by atoms with van der Waals surface area (Å²) in [5, 5.41) is 0.465. The van der Waals surface area contributed by atoms with E-state index in [1.807, 2.05) is 0 Å². The van der Waals surface area contributed by atoms with Gasteiger partial charge >= 0.3 is 11.9 Å². The Morgan fingerprint density at radius 3 is 2.22 bits per heavy atom. The Kier molecular flexibility index (Phi) is 8.85. The average Bonchev–Trinajstić information content (AvgIpc) is 2.67. The molecular formula is C22H25ClO4. The molecule has 0 aliphatic rings.